The molecular formula is C14H13FN2O3S. The smallest absolute Gasteiger partial charge is 0.238 e. The number of rotatable bonds is 4. The number of anilines is 1. The molecule has 0 heterocycles. The minimum Gasteiger partial charge on any atom is -0.326 e. The molecule has 2 aromatic carbocycles. The summed E-state index contributed by atoms with van der Waals surface area (Å²) in [5, 5.41) is 7.39. The van der Waals surface area contributed by atoms with Crippen LogP contribution in [0.3, 0.4) is 0 Å². The Morgan fingerprint density at radius 1 is 1.14 bits per heavy atom. The average Bonchev–Trinajstić information content (AvgIpc) is 2.37. The maximum Gasteiger partial charge on any atom is 0.238 e. The number of primary sulfonamides is 1. The molecule has 2 aromatic rings. The second kappa shape index (κ2) is 6.02. The summed E-state index contributed by atoms with van der Waals surface area (Å²) in [6, 6.07) is 11.9. The lowest BCUT2D eigenvalue weighted by Gasteiger charge is -2.07. The van der Waals surface area contributed by atoms with Crippen LogP contribution in [0.15, 0.2) is 53.4 Å². The van der Waals surface area contributed by atoms with E-state index in [0.29, 0.717) is 0 Å². The Bertz CT molecular complexity index is 761. The van der Waals surface area contributed by atoms with Crippen molar-refractivity contribution in [3.05, 3.63) is 59.9 Å². The lowest BCUT2D eigenvalue weighted by Crippen LogP contribution is -2.16. The maximum absolute atomic E-state index is 13.4. The monoisotopic (exact) mass is 308 g/mol. The van der Waals surface area contributed by atoms with Gasteiger partial charge in [0.1, 0.15) is 5.82 Å². The van der Waals surface area contributed by atoms with E-state index in [9.17, 15) is 17.6 Å². The summed E-state index contributed by atoms with van der Waals surface area (Å²) in [4.78, 5) is 11.4. The van der Waals surface area contributed by atoms with E-state index in [2.05, 4.69) is 5.32 Å². The molecule has 0 spiro atoms. The summed E-state index contributed by atoms with van der Waals surface area (Å²) in [6.07, 6.45) is 0.0993. The first-order valence-electron chi connectivity index (χ1n) is 6.02. The summed E-state index contributed by atoms with van der Waals surface area (Å²) < 4.78 is 35.8. The summed E-state index contributed by atoms with van der Waals surface area (Å²) >= 11 is 0. The van der Waals surface area contributed by atoms with E-state index in [1.165, 1.54) is 0 Å². The second-order valence-electron chi connectivity index (χ2n) is 4.43. The van der Waals surface area contributed by atoms with Gasteiger partial charge in [-0.1, -0.05) is 30.3 Å². The third-order valence-electron chi connectivity index (χ3n) is 2.69. The van der Waals surface area contributed by atoms with Crippen LogP contribution in [0, 0.1) is 5.82 Å². The van der Waals surface area contributed by atoms with E-state index < -0.39 is 20.7 Å². The van der Waals surface area contributed by atoms with Crippen LogP contribution in [0.2, 0.25) is 0 Å². The van der Waals surface area contributed by atoms with E-state index in [1.807, 2.05) is 6.07 Å². The Labute approximate surface area is 121 Å². The number of carbonyl (C=O) groups excluding carboxylic acids is 1. The van der Waals surface area contributed by atoms with Crippen molar-refractivity contribution in [1.82, 2.24) is 0 Å². The molecule has 0 aliphatic rings. The van der Waals surface area contributed by atoms with Crippen molar-refractivity contribution >= 4 is 21.6 Å². The Morgan fingerprint density at radius 3 is 2.43 bits per heavy atom. The highest BCUT2D eigenvalue weighted by Gasteiger charge is 2.12. The molecule has 0 fully saturated rings. The molecule has 21 heavy (non-hydrogen) atoms. The normalized spacial score (nSPS) is 11.1. The topological polar surface area (TPSA) is 89.3 Å². The van der Waals surface area contributed by atoms with Crippen LogP contribution in [0.25, 0.3) is 0 Å². The lowest BCUT2D eigenvalue weighted by atomic mass is 10.1. The predicted octanol–water partition coefficient (Wildman–Crippen LogP) is 1.65. The molecule has 1 amide bonds. The zero-order valence-electron chi connectivity index (χ0n) is 10.9. The minimum atomic E-state index is -4.03. The third kappa shape index (κ3) is 4.37. The molecule has 0 aliphatic heterocycles. The highest BCUT2D eigenvalue weighted by Crippen LogP contribution is 2.17. The molecule has 0 saturated heterocycles. The van der Waals surface area contributed by atoms with Crippen molar-refractivity contribution in [3.63, 3.8) is 0 Å². The largest absolute Gasteiger partial charge is 0.326 e. The van der Waals surface area contributed by atoms with Crippen LogP contribution in [0.1, 0.15) is 5.56 Å². The molecule has 0 aliphatic carbocycles. The van der Waals surface area contributed by atoms with Gasteiger partial charge in [0, 0.05) is 5.69 Å². The Morgan fingerprint density at radius 2 is 1.81 bits per heavy atom. The molecule has 0 unspecified atom stereocenters. The van der Waals surface area contributed by atoms with Gasteiger partial charge in [0.15, 0.2) is 0 Å². The fourth-order valence-electron chi connectivity index (χ4n) is 1.79. The van der Waals surface area contributed by atoms with Crippen molar-refractivity contribution in [2.45, 2.75) is 11.3 Å². The summed E-state index contributed by atoms with van der Waals surface area (Å²) in [6.45, 7) is 0. The molecule has 5 nitrogen and oxygen atoms in total. The maximum atomic E-state index is 13.4. The van der Waals surface area contributed by atoms with Gasteiger partial charge in [-0.2, -0.15) is 0 Å². The standard InChI is InChI=1S/C14H13FN2O3S/c15-11-7-12(9-13(8-11)21(16,19)20)17-14(18)6-10-4-2-1-3-5-10/h1-5,7-9H,6H2,(H,17,18)(H2,16,19,20). The van der Waals surface area contributed by atoms with E-state index in [0.717, 1.165) is 23.8 Å². The number of amides is 1. The number of sulfonamides is 1. The quantitative estimate of drug-likeness (QED) is 0.900. The Balaban J connectivity index is 2.16. The first-order valence-corrected chi connectivity index (χ1v) is 7.56. The summed E-state index contributed by atoms with van der Waals surface area (Å²) in [7, 11) is -4.03. The molecule has 2 rings (SSSR count). The van der Waals surface area contributed by atoms with Gasteiger partial charge >= 0.3 is 0 Å². The third-order valence-corrected chi connectivity index (χ3v) is 3.58. The van der Waals surface area contributed by atoms with Crippen LogP contribution in [-0.2, 0) is 21.2 Å². The minimum absolute atomic E-state index is 0.0416. The Kier molecular flexibility index (Phi) is 4.35. The summed E-state index contributed by atoms with van der Waals surface area (Å²) in [5.74, 6) is -1.18. The fraction of sp³-hybridized carbons (Fsp3) is 0.0714. The van der Waals surface area contributed by atoms with Gasteiger partial charge in [-0.15, -0.1) is 0 Å². The molecular weight excluding hydrogens is 295 g/mol. The number of hydrogen-bond acceptors (Lipinski definition) is 3. The van der Waals surface area contributed by atoms with Gasteiger partial charge in [0.05, 0.1) is 11.3 Å². The first kappa shape index (κ1) is 15.1. The number of benzene rings is 2. The molecule has 3 N–H and O–H groups in total. The molecule has 0 radical (unpaired) electrons. The van der Waals surface area contributed by atoms with Crippen LogP contribution < -0.4 is 10.5 Å². The Hall–Kier alpha value is -2.25. The SMILES string of the molecule is NS(=O)(=O)c1cc(F)cc(NC(=O)Cc2ccccc2)c1. The molecule has 7 heteroatoms. The van der Waals surface area contributed by atoms with Gasteiger partial charge in [0.25, 0.3) is 0 Å². The van der Waals surface area contributed by atoms with Crippen molar-refractivity contribution < 1.29 is 17.6 Å². The van der Waals surface area contributed by atoms with Crippen LogP contribution in [0.4, 0.5) is 10.1 Å². The van der Waals surface area contributed by atoms with Gasteiger partial charge in [-0.3, -0.25) is 4.79 Å². The fourth-order valence-corrected chi connectivity index (χ4v) is 2.35. The lowest BCUT2D eigenvalue weighted by molar-refractivity contribution is -0.115. The highest BCUT2D eigenvalue weighted by molar-refractivity contribution is 7.89. The zero-order valence-corrected chi connectivity index (χ0v) is 11.7. The number of halogens is 1. The van der Waals surface area contributed by atoms with E-state index in [1.54, 1.807) is 24.3 Å². The number of nitrogens with two attached hydrogens (primary N) is 1. The van der Waals surface area contributed by atoms with Crippen LogP contribution >= 0.6 is 0 Å². The highest BCUT2D eigenvalue weighted by atomic mass is 32.2. The second-order valence-corrected chi connectivity index (χ2v) is 5.99. The van der Waals surface area contributed by atoms with E-state index >= 15 is 0 Å². The average molecular weight is 308 g/mol. The number of hydrogen-bond donors (Lipinski definition) is 2. The van der Waals surface area contributed by atoms with E-state index in [4.69, 9.17) is 5.14 Å². The molecule has 0 atom stereocenters. The van der Waals surface area contributed by atoms with Crippen LogP contribution in [0.5, 0.6) is 0 Å². The molecule has 0 saturated carbocycles. The van der Waals surface area contributed by atoms with Gasteiger partial charge in [0.2, 0.25) is 15.9 Å². The molecule has 0 bridgehead atoms. The van der Waals surface area contributed by atoms with Crippen molar-refractivity contribution in [2.75, 3.05) is 5.32 Å². The summed E-state index contributed by atoms with van der Waals surface area (Å²) in [5.41, 5.74) is 0.832. The first-order chi connectivity index (χ1) is 9.84. The zero-order chi connectivity index (χ0) is 15.5. The van der Waals surface area contributed by atoms with Gasteiger partial charge < -0.3 is 5.32 Å². The van der Waals surface area contributed by atoms with Crippen molar-refractivity contribution in [1.29, 1.82) is 0 Å². The van der Waals surface area contributed by atoms with Crippen LogP contribution in [-0.4, -0.2) is 14.3 Å². The van der Waals surface area contributed by atoms with Gasteiger partial charge in [-0.25, -0.2) is 17.9 Å². The predicted molar refractivity (Wildman–Crippen MR) is 76.5 cm³/mol. The van der Waals surface area contributed by atoms with Crippen molar-refractivity contribution in [3.8, 4) is 0 Å². The molecule has 0 aromatic heterocycles. The van der Waals surface area contributed by atoms with Crippen molar-refractivity contribution in [2.24, 2.45) is 5.14 Å². The number of nitrogens with one attached hydrogen (secondary N) is 1. The van der Waals surface area contributed by atoms with E-state index in [-0.39, 0.29) is 18.0 Å². The number of carbonyl (C=O) groups is 1. The van der Waals surface area contributed by atoms with Gasteiger partial charge in [-0.05, 0) is 23.8 Å². The molecule has 110 valence electrons.